The molecule has 0 aliphatic rings. The Bertz CT molecular complexity index is 542. The van der Waals surface area contributed by atoms with Crippen molar-refractivity contribution >= 4 is 72.9 Å². The Balaban J connectivity index is 0.000000364. The van der Waals surface area contributed by atoms with Crippen molar-refractivity contribution in [3.63, 3.8) is 0 Å². The molecule has 0 aliphatic heterocycles. The maximum atomic E-state index is 10.2. The second kappa shape index (κ2) is 10.0. The van der Waals surface area contributed by atoms with E-state index in [9.17, 15) is 19.8 Å². The van der Waals surface area contributed by atoms with Crippen molar-refractivity contribution < 1.29 is 19.8 Å². The van der Waals surface area contributed by atoms with Gasteiger partial charge in [-0.3, -0.25) is 0 Å². The number of carboxylic acids is 2. The van der Waals surface area contributed by atoms with Gasteiger partial charge in [0.2, 0.25) is 0 Å². The van der Waals surface area contributed by atoms with Gasteiger partial charge in [0.15, 0.2) is 0 Å². The quantitative estimate of drug-likeness (QED) is 0.757. The molecule has 2 aromatic rings. The number of carboxylic acid groups (broad SMARTS) is 2. The molecule has 2 rings (SSSR count). The van der Waals surface area contributed by atoms with Gasteiger partial charge in [0.25, 0.3) is 0 Å². The second-order valence-corrected chi connectivity index (χ2v) is 4.46. The Labute approximate surface area is 161 Å². The molecule has 0 spiro atoms. The van der Waals surface area contributed by atoms with Gasteiger partial charge in [0.05, 0.1) is 11.9 Å². The molecule has 0 radical (unpaired) electrons. The first-order valence-corrected chi connectivity index (χ1v) is 6.09. The van der Waals surface area contributed by atoms with E-state index in [0.717, 1.165) is 0 Å². The standard InChI is InChI=1S/2C7H5ClO2.Ca/c2*8-6-3-1-5(2-4-6)7(9)10;/h2*1-4H,(H,9,10);/q;;+2/p-2. The summed E-state index contributed by atoms with van der Waals surface area (Å²) >= 11 is 11.0. The molecular weight excluding hydrogens is 343 g/mol. The number of carbonyl (C=O) groups excluding carboxylic acids is 2. The van der Waals surface area contributed by atoms with Crippen LogP contribution >= 0.6 is 23.2 Å². The zero-order valence-corrected chi connectivity index (χ0v) is 14.4. The summed E-state index contributed by atoms with van der Waals surface area (Å²) in [6.45, 7) is 0. The van der Waals surface area contributed by atoms with Gasteiger partial charge in [-0.15, -0.1) is 0 Å². The fourth-order valence-electron chi connectivity index (χ4n) is 1.17. The molecule has 0 bridgehead atoms. The predicted octanol–water partition coefficient (Wildman–Crippen LogP) is 1.03. The molecule has 104 valence electrons. The summed E-state index contributed by atoms with van der Waals surface area (Å²) in [7, 11) is 0. The predicted molar refractivity (Wildman–Crippen MR) is 77.3 cm³/mol. The average Bonchev–Trinajstić information content (AvgIpc) is 2.40. The monoisotopic (exact) mass is 350 g/mol. The molecule has 0 saturated carbocycles. The third kappa shape index (κ3) is 7.69. The van der Waals surface area contributed by atoms with Crippen LogP contribution in [-0.4, -0.2) is 49.7 Å². The van der Waals surface area contributed by atoms with E-state index in [1.165, 1.54) is 48.5 Å². The summed E-state index contributed by atoms with van der Waals surface area (Å²) < 4.78 is 0. The minimum atomic E-state index is -1.18. The van der Waals surface area contributed by atoms with E-state index >= 15 is 0 Å². The molecule has 0 saturated heterocycles. The maximum absolute atomic E-state index is 10.2. The molecule has 4 nitrogen and oxygen atoms in total. The van der Waals surface area contributed by atoms with Crippen LogP contribution in [0.25, 0.3) is 0 Å². The fourth-order valence-corrected chi connectivity index (χ4v) is 1.42. The SMILES string of the molecule is O=C([O-])c1ccc(Cl)cc1.O=C([O-])c1ccc(Cl)cc1.[Ca+2]. The number of aromatic carboxylic acids is 2. The van der Waals surface area contributed by atoms with E-state index in [2.05, 4.69) is 0 Å². The Hall–Kier alpha value is -0.780. The molecular formula is C14H8CaCl2O4. The summed E-state index contributed by atoms with van der Waals surface area (Å²) in [5, 5.41) is 21.4. The Kier molecular flexibility index (Phi) is 9.66. The molecule has 0 heterocycles. The third-order valence-corrected chi connectivity index (χ3v) is 2.66. The summed E-state index contributed by atoms with van der Waals surface area (Å²) in [5.41, 5.74) is 0.286. The zero-order valence-electron chi connectivity index (χ0n) is 10.7. The van der Waals surface area contributed by atoms with Crippen molar-refractivity contribution in [2.45, 2.75) is 0 Å². The minimum absolute atomic E-state index is 0. The maximum Gasteiger partial charge on any atom is 2.00 e. The van der Waals surface area contributed by atoms with Crippen molar-refractivity contribution in [2.24, 2.45) is 0 Å². The topological polar surface area (TPSA) is 80.3 Å². The average molecular weight is 351 g/mol. The normalized spacial score (nSPS) is 8.86. The third-order valence-electron chi connectivity index (χ3n) is 2.16. The summed E-state index contributed by atoms with van der Waals surface area (Å²) in [6, 6.07) is 11.6. The Morgan fingerprint density at radius 3 is 1.10 bits per heavy atom. The zero-order chi connectivity index (χ0) is 15.1. The van der Waals surface area contributed by atoms with Gasteiger partial charge in [-0.25, -0.2) is 0 Å². The van der Waals surface area contributed by atoms with Crippen LogP contribution in [0, 0.1) is 0 Å². The molecule has 2 aromatic carbocycles. The first kappa shape index (κ1) is 20.2. The molecule has 0 aromatic heterocycles. The number of benzene rings is 2. The molecule has 0 fully saturated rings. The first-order valence-electron chi connectivity index (χ1n) is 5.34. The van der Waals surface area contributed by atoms with Crippen molar-refractivity contribution in [1.29, 1.82) is 0 Å². The smallest absolute Gasteiger partial charge is 0.545 e. The second-order valence-electron chi connectivity index (χ2n) is 3.59. The van der Waals surface area contributed by atoms with Crippen LogP contribution in [-0.2, 0) is 0 Å². The van der Waals surface area contributed by atoms with Crippen LogP contribution in [0.5, 0.6) is 0 Å². The van der Waals surface area contributed by atoms with Gasteiger partial charge >= 0.3 is 37.7 Å². The molecule has 0 atom stereocenters. The number of rotatable bonds is 2. The Morgan fingerprint density at radius 2 is 0.905 bits per heavy atom. The van der Waals surface area contributed by atoms with Crippen LogP contribution in [0.3, 0.4) is 0 Å². The molecule has 0 N–H and O–H groups in total. The van der Waals surface area contributed by atoms with E-state index in [1.807, 2.05) is 0 Å². The van der Waals surface area contributed by atoms with Crippen LogP contribution in [0.4, 0.5) is 0 Å². The molecule has 0 amide bonds. The number of carbonyl (C=O) groups is 2. The largest absolute Gasteiger partial charge is 2.00 e. The van der Waals surface area contributed by atoms with E-state index in [0.29, 0.717) is 10.0 Å². The minimum Gasteiger partial charge on any atom is -0.545 e. The summed E-state index contributed by atoms with van der Waals surface area (Å²) in [4.78, 5) is 20.3. The molecule has 0 aliphatic carbocycles. The van der Waals surface area contributed by atoms with Crippen LogP contribution in [0.15, 0.2) is 48.5 Å². The van der Waals surface area contributed by atoms with E-state index < -0.39 is 11.9 Å². The Morgan fingerprint density at radius 1 is 0.667 bits per heavy atom. The van der Waals surface area contributed by atoms with Crippen molar-refractivity contribution in [3.05, 3.63) is 69.7 Å². The molecule has 21 heavy (non-hydrogen) atoms. The molecule has 0 unspecified atom stereocenters. The van der Waals surface area contributed by atoms with E-state index in [4.69, 9.17) is 23.2 Å². The van der Waals surface area contributed by atoms with Crippen molar-refractivity contribution in [1.82, 2.24) is 0 Å². The molecule has 7 heteroatoms. The van der Waals surface area contributed by atoms with E-state index in [-0.39, 0.29) is 48.9 Å². The summed E-state index contributed by atoms with van der Waals surface area (Å²) in [6.07, 6.45) is 0. The van der Waals surface area contributed by atoms with Gasteiger partial charge < -0.3 is 19.8 Å². The van der Waals surface area contributed by atoms with Crippen LogP contribution < -0.4 is 10.2 Å². The van der Waals surface area contributed by atoms with Gasteiger partial charge in [0, 0.05) is 10.0 Å². The van der Waals surface area contributed by atoms with Gasteiger partial charge in [-0.2, -0.15) is 0 Å². The van der Waals surface area contributed by atoms with Gasteiger partial charge in [-0.1, -0.05) is 47.5 Å². The van der Waals surface area contributed by atoms with Crippen LogP contribution in [0.1, 0.15) is 20.7 Å². The van der Waals surface area contributed by atoms with Crippen LogP contribution in [0.2, 0.25) is 10.0 Å². The number of hydrogen-bond acceptors (Lipinski definition) is 4. The first-order chi connectivity index (χ1) is 9.40. The van der Waals surface area contributed by atoms with Crippen molar-refractivity contribution in [3.8, 4) is 0 Å². The van der Waals surface area contributed by atoms with Gasteiger partial charge in [-0.05, 0) is 35.4 Å². The van der Waals surface area contributed by atoms with Gasteiger partial charge in [0.1, 0.15) is 0 Å². The van der Waals surface area contributed by atoms with E-state index in [1.54, 1.807) is 0 Å². The number of hydrogen-bond donors (Lipinski definition) is 0. The van der Waals surface area contributed by atoms with Crippen molar-refractivity contribution in [2.75, 3.05) is 0 Å². The number of halogens is 2. The summed E-state index contributed by atoms with van der Waals surface area (Å²) in [5.74, 6) is -2.37. The fraction of sp³-hybridized carbons (Fsp3) is 0.